The van der Waals surface area contributed by atoms with Crippen molar-refractivity contribution in [1.29, 1.82) is 0 Å². The molecule has 0 aliphatic carbocycles. The molecule has 3 rings (SSSR count). The van der Waals surface area contributed by atoms with Crippen LogP contribution in [0.1, 0.15) is 34.7 Å². The Labute approximate surface area is 202 Å². The fraction of sp³-hybridized carbons (Fsp3) is 0.296. The molecule has 34 heavy (non-hydrogen) atoms. The van der Waals surface area contributed by atoms with Crippen LogP contribution >= 0.6 is 0 Å². The van der Waals surface area contributed by atoms with Crippen LogP contribution in [0.5, 0.6) is 5.75 Å². The molecule has 0 atom stereocenters. The molecule has 0 saturated heterocycles. The number of carbonyl (C=O) groups is 1. The number of nitrogens with one attached hydrogen (secondary N) is 1. The Kier molecular flexibility index (Phi) is 7.67. The monoisotopic (exact) mass is 480 g/mol. The number of nitrogens with zero attached hydrogens (tertiary/aromatic N) is 1. The molecule has 1 N–H and O–H groups in total. The highest BCUT2D eigenvalue weighted by atomic mass is 32.2. The summed E-state index contributed by atoms with van der Waals surface area (Å²) < 4.78 is 34.3. The summed E-state index contributed by atoms with van der Waals surface area (Å²) in [6, 6.07) is 16.2. The Bertz CT molecular complexity index is 1320. The predicted molar refractivity (Wildman–Crippen MR) is 137 cm³/mol. The summed E-state index contributed by atoms with van der Waals surface area (Å²) in [5, 5.41) is 2.94. The van der Waals surface area contributed by atoms with E-state index in [1.54, 1.807) is 30.3 Å². The van der Waals surface area contributed by atoms with Crippen molar-refractivity contribution >= 4 is 27.3 Å². The van der Waals surface area contributed by atoms with Crippen molar-refractivity contribution < 1.29 is 17.9 Å². The predicted octanol–water partition coefficient (Wildman–Crippen LogP) is 5.33. The van der Waals surface area contributed by atoms with Gasteiger partial charge in [-0.05, 0) is 86.2 Å². The third-order valence-electron chi connectivity index (χ3n) is 5.96. The molecule has 1 amide bonds. The summed E-state index contributed by atoms with van der Waals surface area (Å²) in [4.78, 5) is 13.2. The fourth-order valence-corrected chi connectivity index (χ4v) is 5.47. The molecule has 0 aliphatic heterocycles. The molecule has 180 valence electrons. The number of hydrogen-bond acceptors (Lipinski definition) is 4. The molecule has 0 bridgehead atoms. The van der Waals surface area contributed by atoms with Crippen molar-refractivity contribution in [2.24, 2.45) is 0 Å². The van der Waals surface area contributed by atoms with E-state index in [2.05, 4.69) is 5.32 Å². The van der Waals surface area contributed by atoms with E-state index in [0.717, 1.165) is 44.2 Å². The van der Waals surface area contributed by atoms with E-state index in [1.807, 2.05) is 58.9 Å². The van der Waals surface area contributed by atoms with E-state index in [1.165, 1.54) is 7.11 Å². The van der Waals surface area contributed by atoms with Crippen LogP contribution in [-0.4, -0.2) is 28.0 Å². The zero-order valence-electron chi connectivity index (χ0n) is 20.6. The largest absolute Gasteiger partial charge is 0.495 e. The van der Waals surface area contributed by atoms with Gasteiger partial charge in [-0.1, -0.05) is 37.3 Å². The van der Waals surface area contributed by atoms with Gasteiger partial charge in [-0.15, -0.1) is 0 Å². The molecular weight excluding hydrogens is 448 g/mol. The summed E-state index contributed by atoms with van der Waals surface area (Å²) in [5.74, 6) is -0.190. The first-order valence-corrected chi connectivity index (χ1v) is 12.7. The number of benzene rings is 3. The minimum Gasteiger partial charge on any atom is -0.495 e. The molecule has 7 heteroatoms. The van der Waals surface area contributed by atoms with Gasteiger partial charge in [0.25, 0.3) is 10.0 Å². The number of para-hydroxylation sites is 1. The average molecular weight is 481 g/mol. The summed E-state index contributed by atoms with van der Waals surface area (Å²) in [6.07, 6.45) is 0.747. The van der Waals surface area contributed by atoms with Crippen LogP contribution in [0.2, 0.25) is 0 Å². The lowest BCUT2D eigenvalue weighted by atomic mass is 10.1. The highest BCUT2D eigenvalue weighted by Crippen LogP contribution is 2.32. The SMILES string of the molecule is CCc1cccc(C)c1NC(=O)CN(c1ccc(C)c(C)c1)S(=O)(=O)c1cc(C)ccc1OC. The normalized spacial score (nSPS) is 11.2. The topological polar surface area (TPSA) is 75.7 Å². The smallest absolute Gasteiger partial charge is 0.268 e. The van der Waals surface area contributed by atoms with Crippen LogP contribution in [0.4, 0.5) is 11.4 Å². The molecule has 0 saturated carbocycles. The quantitative estimate of drug-likeness (QED) is 0.473. The molecule has 0 spiro atoms. The molecular formula is C27H32N2O4S. The van der Waals surface area contributed by atoms with Crippen molar-refractivity contribution in [3.8, 4) is 5.75 Å². The zero-order valence-corrected chi connectivity index (χ0v) is 21.4. The van der Waals surface area contributed by atoms with Crippen LogP contribution in [0.25, 0.3) is 0 Å². The molecule has 0 aromatic heterocycles. The second kappa shape index (κ2) is 10.3. The number of hydrogen-bond donors (Lipinski definition) is 1. The van der Waals surface area contributed by atoms with Crippen molar-refractivity contribution in [3.63, 3.8) is 0 Å². The minimum atomic E-state index is -4.11. The number of ether oxygens (including phenoxy) is 1. The van der Waals surface area contributed by atoms with E-state index in [-0.39, 0.29) is 17.2 Å². The Morgan fingerprint density at radius 1 is 0.941 bits per heavy atom. The summed E-state index contributed by atoms with van der Waals surface area (Å²) >= 11 is 0. The van der Waals surface area contributed by atoms with Crippen LogP contribution < -0.4 is 14.4 Å². The van der Waals surface area contributed by atoms with E-state index in [0.29, 0.717) is 5.69 Å². The van der Waals surface area contributed by atoms with Crippen LogP contribution in [0.15, 0.2) is 59.5 Å². The van der Waals surface area contributed by atoms with Crippen molar-refractivity contribution in [3.05, 3.63) is 82.4 Å². The Hall–Kier alpha value is -3.32. The molecule has 0 radical (unpaired) electrons. The number of amides is 1. The first-order valence-electron chi connectivity index (χ1n) is 11.2. The second-order valence-electron chi connectivity index (χ2n) is 8.45. The highest BCUT2D eigenvalue weighted by molar-refractivity contribution is 7.93. The maximum atomic E-state index is 13.9. The molecule has 6 nitrogen and oxygen atoms in total. The number of rotatable bonds is 8. The van der Waals surface area contributed by atoms with Gasteiger partial charge in [-0.2, -0.15) is 0 Å². The van der Waals surface area contributed by atoms with Gasteiger partial charge in [0, 0.05) is 5.69 Å². The first-order chi connectivity index (χ1) is 16.1. The standard InChI is InChI=1S/C27H32N2O4S/c1-7-22-10-8-9-20(4)27(22)28-26(30)17-29(23-13-12-19(3)21(5)16-23)34(31,32)25-15-18(2)11-14-24(25)33-6/h8-16H,7,17H2,1-6H3,(H,28,30). The highest BCUT2D eigenvalue weighted by Gasteiger charge is 2.30. The van der Waals surface area contributed by atoms with Crippen molar-refractivity contribution in [1.82, 2.24) is 0 Å². The Balaban J connectivity index is 2.08. The molecule has 0 aliphatic rings. The van der Waals surface area contributed by atoms with Crippen LogP contribution in [-0.2, 0) is 21.2 Å². The van der Waals surface area contributed by atoms with Gasteiger partial charge in [0.15, 0.2) is 0 Å². The van der Waals surface area contributed by atoms with Crippen LogP contribution in [0, 0.1) is 27.7 Å². The number of anilines is 2. The van der Waals surface area contributed by atoms with E-state index in [9.17, 15) is 13.2 Å². The van der Waals surface area contributed by atoms with Gasteiger partial charge >= 0.3 is 0 Å². The van der Waals surface area contributed by atoms with Gasteiger partial charge in [0.1, 0.15) is 17.2 Å². The maximum Gasteiger partial charge on any atom is 0.268 e. The molecule has 3 aromatic carbocycles. The number of sulfonamides is 1. The molecule has 3 aromatic rings. The average Bonchev–Trinajstić information content (AvgIpc) is 2.80. The number of methoxy groups -OCH3 is 1. The van der Waals surface area contributed by atoms with Gasteiger partial charge in [-0.25, -0.2) is 8.42 Å². The number of aryl methyl sites for hydroxylation is 5. The van der Waals surface area contributed by atoms with Gasteiger partial charge in [0.05, 0.1) is 12.8 Å². The van der Waals surface area contributed by atoms with E-state index < -0.39 is 15.9 Å². The number of carbonyl (C=O) groups excluding carboxylic acids is 1. The lowest BCUT2D eigenvalue weighted by Crippen LogP contribution is -2.38. The Morgan fingerprint density at radius 2 is 1.68 bits per heavy atom. The first kappa shape index (κ1) is 25.3. The lowest BCUT2D eigenvalue weighted by Gasteiger charge is -2.26. The summed E-state index contributed by atoms with van der Waals surface area (Å²) in [5.41, 5.74) is 5.80. The second-order valence-corrected chi connectivity index (χ2v) is 10.3. The van der Waals surface area contributed by atoms with Gasteiger partial charge in [0.2, 0.25) is 5.91 Å². The summed E-state index contributed by atoms with van der Waals surface area (Å²) in [6.45, 7) is 9.25. The Morgan fingerprint density at radius 3 is 2.32 bits per heavy atom. The third-order valence-corrected chi connectivity index (χ3v) is 7.75. The molecule has 0 unspecified atom stereocenters. The maximum absolute atomic E-state index is 13.9. The van der Waals surface area contributed by atoms with Crippen LogP contribution in [0.3, 0.4) is 0 Å². The molecule has 0 heterocycles. The van der Waals surface area contributed by atoms with Crippen molar-refractivity contribution in [2.45, 2.75) is 45.9 Å². The molecule has 0 fully saturated rings. The zero-order chi connectivity index (χ0) is 25.0. The lowest BCUT2D eigenvalue weighted by molar-refractivity contribution is -0.114. The summed E-state index contributed by atoms with van der Waals surface area (Å²) in [7, 11) is -2.68. The van der Waals surface area contributed by atoms with E-state index >= 15 is 0 Å². The van der Waals surface area contributed by atoms with Gasteiger partial charge in [-0.3, -0.25) is 9.10 Å². The fourth-order valence-electron chi connectivity index (χ4n) is 3.81. The van der Waals surface area contributed by atoms with E-state index in [4.69, 9.17) is 4.74 Å². The van der Waals surface area contributed by atoms with Crippen molar-refractivity contribution in [2.75, 3.05) is 23.3 Å². The van der Waals surface area contributed by atoms with Gasteiger partial charge < -0.3 is 10.1 Å². The third kappa shape index (κ3) is 5.25. The minimum absolute atomic E-state index is 0.0196.